The van der Waals surface area contributed by atoms with Crippen molar-refractivity contribution in [3.05, 3.63) is 65.2 Å². The molecular weight excluding hydrogens is 328 g/mol. The highest BCUT2D eigenvalue weighted by Crippen LogP contribution is 2.32. The van der Waals surface area contributed by atoms with Crippen LogP contribution in [-0.4, -0.2) is 37.8 Å². The molecular formula is C21H24N2O3. The fraction of sp³-hybridized carbons (Fsp3) is 0.381. The molecule has 1 fully saturated rings. The normalized spacial score (nSPS) is 22.3. The molecule has 4 rings (SSSR count). The summed E-state index contributed by atoms with van der Waals surface area (Å²) in [7, 11) is 1.68. The van der Waals surface area contributed by atoms with Crippen molar-refractivity contribution in [2.24, 2.45) is 5.92 Å². The van der Waals surface area contributed by atoms with Crippen LogP contribution >= 0.6 is 0 Å². The Labute approximate surface area is 153 Å². The molecule has 1 amide bonds. The SMILES string of the molecule is COc1ccc([C@@H]2CCNC[C@H]2CON2Cc3ccccc3C2=O)cc1. The minimum Gasteiger partial charge on any atom is -0.497 e. The molecule has 5 nitrogen and oxygen atoms in total. The van der Waals surface area contributed by atoms with Gasteiger partial charge >= 0.3 is 0 Å². The van der Waals surface area contributed by atoms with Crippen molar-refractivity contribution < 1.29 is 14.4 Å². The highest BCUT2D eigenvalue weighted by Gasteiger charge is 2.31. The number of piperidine rings is 1. The van der Waals surface area contributed by atoms with Crippen molar-refractivity contribution in [1.82, 2.24) is 10.4 Å². The number of nitrogens with one attached hydrogen (secondary N) is 1. The third kappa shape index (κ3) is 3.32. The summed E-state index contributed by atoms with van der Waals surface area (Å²) >= 11 is 0. The number of amides is 1. The Kier molecular flexibility index (Phi) is 4.91. The highest BCUT2D eigenvalue weighted by molar-refractivity contribution is 5.97. The van der Waals surface area contributed by atoms with Crippen molar-refractivity contribution in [3.63, 3.8) is 0 Å². The summed E-state index contributed by atoms with van der Waals surface area (Å²) in [4.78, 5) is 18.4. The fourth-order valence-electron chi connectivity index (χ4n) is 3.91. The zero-order valence-corrected chi connectivity index (χ0v) is 15.0. The summed E-state index contributed by atoms with van der Waals surface area (Å²) in [5, 5.41) is 4.96. The molecule has 2 aliphatic heterocycles. The van der Waals surface area contributed by atoms with E-state index in [-0.39, 0.29) is 5.91 Å². The molecule has 0 bridgehead atoms. The maximum atomic E-state index is 12.5. The third-order valence-corrected chi connectivity index (χ3v) is 5.38. The smallest absolute Gasteiger partial charge is 0.278 e. The van der Waals surface area contributed by atoms with Gasteiger partial charge in [-0.15, -0.1) is 0 Å². The minimum absolute atomic E-state index is 0.0367. The van der Waals surface area contributed by atoms with Crippen molar-refractivity contribution in [2.75, 3.05) is 26.8 Å². The van der Waals surface area contributed by atoms with E-state index in [0.29, 0.717) is 25.0 Å². The van der Waals surface area contributed by atoms with E-state index >= 15 is 0 Å². The number of methoxy groups -OCH3 is 1. The molecule has 0 spiro atoms. The number of hydrogen-bond donors (Lipinski definition) is 1. The Morgan fingerprint density at radius 1 is 1.15 bits per heavy atom. The van der Waals surface area contributed by atoms with Crippen LogP contribution in [0, 0.1) is 5.92 Å². The summed E-state index contributed by atoms with van der Waals surface area (Å²) in [6, 6.07) is 16.0. The van der Waals surface area contributed by atoms with Crippen LogP contribution in [0.15, 0.2) is 48.5 Å². The topological polar surface area (TPSA) is 50.8 Å². The minimum atomic E-state index is -0.0367. The zero-order chi connectivity index (χ0) is 17.9. The van der Waals surface area contributed by atoms with E-state index in [1.807, 2.05) is 36.4 Å². The molecule has 0 aromatic heterocycles. The van der Waals surface area contributed by atoms with Gasteiger partial charge in [0, 0.05) is 18.0 Å². The molecule has 1 saturated heterocycles. The van der Waals surface area contributed by atoms with Gasteiger partial charge in [0.05, 0.1) is 20.3 Å². The summed E-state index contributed by atoms with van der Waals surface area (Å²) in [6.45, 7) is 2.96. The quantitative estimate of drug-likeness (QED) is 0.899. The summed E-state index contributed by atoms with van der Waals surface area (Å²) in [5.74, 6) is 1.58. The Morgan fingerprint density at radius 2 is 1.96 bits per heavy atom. The molecule has 2 aromatic rings. The Bertz CT molecular complexity index is 775. The first-order valence-corrected chi connectivity index (χ1v) is 9.13. The molecule has 0 unspecified atom stereocenters. The van der Waals surface area contributed by atoms with Gasteiger partial charge in [-0.25, -0.2) is 5.06 Å². The summed E-state index contributed by atoms with van der Waals surface area (Å²) in [5.41, 5.74) is 3.09. The molecule has 2 heterocycles. The Balaban J connectivity index is 1.42. The fourth-order valence-corrected chi connectivity index (χ4v) is 3.91. The lowest BCUT2D eigenvalue weighted by Crippen LogP contribution is -2.39. The largest absolute Gasteiger partial charge is 0.497 e. The molecule has 136 valence electrons. The van der Waals surface area contributed by atoms with Crippen molar-refractivity contribution >= 4 is 5.91 Å². The lowest BCUT2D eigenvalue weighted by Gasteiger charge is -2.33. The second kappa shape index (κ2) is 7.48. The first kappa shape index (κ1) is 17.1. The van der Waals surface area contributed by atoms with E-state index in [9.17, 15) is 4.79 Å². The number of hydroxylamine groups is 2. The average molecular weight is 352 g/mol. The number of carbonyl (C=O) groups is 1. The van der Waals surface area contributed by atoms with Gasteiger partial charge < -0.3 is 10.1 Å². The van der Waals surface area contributed by atoms with Crippen LogP contribution in [0.4, 0.5) is 0 Å². The zero-order valence-electron chi connectivity index (χ0n) is 15.0. The number of carbonyl (C=O) groups excluding carboxylic acids is 1. The van der Waals surface area contributed by atoms with E-state index in [4.69, 9.17) is 9.57 Å². The molecule has 0 aliphatic carbocycles. The van der Waals surface area contributed by atoms with Gasteiger partial charge in [0.15, 0.2) is 0 Å². The number of hydrogen-bond acceptors (Lipinski definition) is 4. The summed E-state index contributed by atoms with van der Waals surface area (Å²) in [6.07, 6.45) is 1.06. The van der Waals surface area contributed by atoms with Crippen LogP contribution in [0.1, 0.15) is 33.8 Å². The van der Waals surface area contributed by atoms with Crippen LogP contribution < -0.4 is 10.1 Å². The second-order valence-corrected chi connectivity index (χ2v) is 6.93. The number of fused-ring (bicyclic) bond motifs is 1. The van der Waals surface area contributed by atoms with E-state index in [0.717, 1.165) is 36.4 Å². The van der Waals surface area contributed by atoms with Gasteiger partial charge in [0.2, 0.25) is 0 Å². The maximum absolute atomic E-state index is 12.5. The number of rotatable bonds is 5. The third-order valence-electron chi connectivity index (χ3n) is 5.38. The molecule has 2 aliphatic rings. The predicted molar refractivity (Wildman–Crippen MR) is 99.0 cm³/mol. The average Bonchev–Trinajstić information content (AvgIpc) is 3.03. The lowest BCUT2D eigenvalue weighted by molar-refractivity contribution is -0.139. The van der Waals surface area contributed by atoms with E-state index in [1.165, 1.54) is 10.6 Å². The van der Waals surface area contributed by atoms with E-state index in [1.54, 1.807) is 7.11 Å². The van der Waals surface area contributed by atoms with Crippen LogP contribution in [-0.2, 0) is 11.4 Å². The number of benzene rings is 2. The molecule has 2 atom stereocenters. The van der Waals surface area contributed by atoms with Gasteiger partial charge in [-0.1, -0.05) is 30.3 Å². The number of ether oxygens (including phenoxy) is 1. The van der Waals surface area contributed by atoms with Gasteiger partial charge in [0.1, 0.15) is 5.75 Å². The Morgan fingerprint density at radius 3 is 2.73 bits per heavy atom. The summed E-state index contributed by atoms with van der Waals surface area (Å²) < 4.78 is 5.26. The van der Waals surface area contributed by atoms with Crippen molar-refractivity contribution in [2.45, 2.75) is 18.9 Å². The van der Waals surface area contributed by atoms with Gasteiger partial charge in [-0.05, 0) is 48.2 Å². The molecule has 5 heteroatoms. The van der Waals surface area contributed by atoms with Gasteiger partial charge in [-0.2, -0.15) is 0 Å². The van der Waals surface area contributed by atoms with Crippen LogP contribution in [0.3, 0.4) is 0 Å². The molecule has 2 aromatic carbocycles. The second-order valence-electron chi connectivity index (χ2n) is 6.93. The first-order chi connectivity index (χ1) is 12.8. The van der Waals surface area contributed by atoms with Crippen molar-refractivity contribution in [3.8, 4) is 5.75 Å². The maximum Gasteiger partial charge on any atom is 0.278 e. The van der Waals surface area contributed by atoms with Crippen LogP contribution in [0.5, 0.6) is 5.75 Å². The lowest BCUT2D eigenvalue weighted by atomic mass is 9.81. The van der Waals surface area contributed by atoms with Gasteiger partial charge in [0.25, 0.3) is 5.91 Å². The van der Waals surface area contributed by atoms with Crippen LogP contribution in [0.25, 0.3) is 0 Å². The predicted octanol–water partition coefficient (Wildman–Crippen LogP) is 2.98. The molecule has 1 N–H and O–H groups in total. The van der Waals surface area contributed by atoms with Crippen molar-refractivity contribution in [1.29, 1.82) is 0 Å². The standard InChI is InChI=1S/C21H24N2O3/c1-25-18-8-6-15(7-9-18)19-10-11-22-12-17(19)14-26-23-13-16-4-2-3-5-20(16)21(23)24/h2-9,17,19,22H,10-14H2,1H3/t17-,19-/m0/s1. The van der Waals surface area contributed by atoms with Crippen LogP contribution in [0.2, 0.25) is 0 Å². The Hall–Kier alpha value is -2.37. The van der Waals surface area contributed by atoms with Gasteiger partial charge in [-0.3, -0.25) is 9.63 Å². The highest BCUT2D eigenvalue weighted by atomic mass is 16.7. The first-order valence-electron chi connectivity index (χ1n) is 9.13. The van der Waals surface area contributed by atoms with E-state index < -0.39 is 0 Å². The molecule has 0 radical (unpaired) electrons. The number of nitrogens with zero attached hydrogens (tertiary/aromatic N) is 1. The molecule has 26 heavy (non-hydrogen) atoms. The molecule has 0 saturated carbocycles. The monoisotopic (exact) mass is 352 g/mol. The van der Waals surface area contributed by atoms with E-state index in [2.05, 4.69) is 17.4 Å².